The second-order valence-electron chi connectivity index (χ2n) is 6.94. The lowest BCUT2D eigenvalue weighted by Crippen LogP contribution is -2.16. The largest absolute Gasteiger partial charge is 0.744 e. The van der Waals surface area contributed by atoms with E-state index in [4.69, 9.17) is 0 Å². The van der Waals surface area contributed by atoms with Crippen LogP contribution in [0.2, 0.25) is 0 Å². The third-order valence-corrected chi connectivity index (χ3v) is 11.9. The number of halogens is 6. The van der Waals surface area contributed by atoms with Gasteiger partial charge in [-0.3, -0.25) is 25.0 Å². The highest BCUT2D eigenvalue weighted by Gasteiger charge is 2.33. The first kappa shape index (κ1) is 30.3. The zero-order valence-electron chi connectivity index (χ0n) is 17.1. The molecule has 0 radical (unpaired) electrons. The summed E-state index contributed by atoms with van der Waals surface area (Å²) < 4.78 is 37.0. The minimum Gasteiger partial charge on any atom is -0.744 e. The first-order valence-corrected chi connectivity index (χ1v) is 15.2. The van der Waals surface area contributed by atoms with Gasteiger partial charge in [0.05, 0.1) is 28.2 Å². The molecule has 0 bridgehead atoms. The summed E-state index contributed by atoms with van der Waals surface area (Å²) in [6.45, 7) is 0. The standard InChI is InChI=1S/C19H6Br6N2O9S/c20-7-1-5(3-9(17(7)28)26(30)31)11(6-2-8(21)18(29)10(4-6)27(32)33)12-13(22)14(23)15(24)16(25)19(12)37(34,35)36/h1-4,28H,(H,34,35,36)/p-1/b11-6+. The van der Waals surface area contributed by atoms with Gasteiger partial charge < -0.3 is 9.66 Å². The number of benzene rings is 2. The molecule has 1 aliphatic rings. The Morgan fingerprint density at radius 2 is 1.43 bits per heavy atom. The van der Waals surface area contributed by atoms with Crippen molar-refractivity contribution in [2.45, 2.75) is 4.90 Å². The van der Waals surface area contributed by atoms with E-state index in [0.717, 1.165) is 18.2 Å². The van der Waals surface area contributed by atoms with Crippen LogP contribution in [0, 0.1) is 20.2 Å². The zero-order valence-corrected chi connectivity index (χ0v) is 27.4. The van der Waals surface area contributed by atoms with E-state index in [2.05, 4.69) is 95.6 Å². The van der Waals surface area contributed by atoms with Crippen molar-refractivity contribution in [3.8, 4) is 5.75 Å². The van der Waals surface area contributed by atoms with Crippen molar-refractivity contribution in [2.75, 3.05) is 0 Å². The van der Waals surface area contributed by atoms with Crippen molar-refractivity contribution in [3.05, 3.63) is 93.8 Å². The van der Waals surface area contributed by atoms with Crippen LogP contribution in [0.3, 0.4) is 0 Å². The second kappa shape index (κ2) is 11.1. The van der Waals surface area contributed by atoms with Crippen LogP contribution >= 0.6 is 95.6 Å². The fraction of sp³-hybridized carbons (Fsp3) is 0. The van der Waals surface area contributed by atoms with E-state index in [0.29, 0.717) is 0 Å². The van der Waals surface area contributed by atoms with Crippen LogP contribution in [0.1, 0.15) is 11.1 Å². The average molecular weight is 917 g/mol. The summed E-state index contributed by atoms with van der Waals surface area (Å²) in [4.78, 5) is 32.8. The number of hydrogen-bond acceptors (Lipinski definition) is 9. The molecule has 0 aromatic heterocycles. The molecule has 0 heterocycles. The van der Waals surface area contributed by atoms with Crippen LogP contribution in [-0.4, -0.2) is 33.7 Å². The number of nitro benzene ring substituents is 1. The van der Waals surface area contributed by atoms with Crippen LogP contribution in [0.5, 0.6) is 5.75 Å². The highest BCUT2D eigenvalue weighted by Crippen LogP contribution is 2.50. The number of phenols is 1. The number of nitro groups is 2. The summed E-state index contributed by atoms with van der Waals surface area (Å²) in [7, 11) is -5.28. The summed E-state index contributed by atoms with van der Waals surface area (Å²) in [5, 5.41) is 33.4. The normalized spacial score (nSPS) is 15.3. The van der Waals surface area contributed by atoms with Crippen molar-refractivity contribution in [1.29, 1.82) is 0 Å². The fourth-order valence-corrected chi connectivity index (χ4v) is 8.10. The number of phenolic OH excluding ortho intramolecular Hbond substituents is 1. The topological polar surface area (TPSA) is 181 Å². The van der Waals surface area contributed by atoms with Gasteiger partial charge in [-0.1, -0.05) is 0 Å². The minimum absolute atomic E-state index is 0.0242. The van der Waals surface area contributed by atoms with E-state index >= 15 is 0 Å². The highest BCUT2D eigenvalue weighted by molar-refractivity contribution is 9.15. The van der Waals surface area contributed by atoms with E-state index < -0.39 is 47.8 Å². The number of carbonyl (C=O) groups is 1. The smallest absolute Gasteiger partial charge is 0.318 e. The third-order valence-electron chi connectivity index (χ3n) is 4.76. The van der Waals surface area contributed by atoms with E-state index in [-0.39, 0.29) is 49.1 Å². The van der Waals surface area contributed by atoms with Crippen LogP contribution in [-0.2, 0) is 14.9 Å². The molecular weight excluding hydrogens is 912 g/mol. The Balaban J connectivity index is 2.72. The molecule has 18 heteroatoms. The summed E-state index contributed by atoms with van der Waals surface area (Å²) in [5.74, 6) is -1.73. The van der Waals surface area contributed by atoms with Gasteiger partial charge >= 0.3 is 11.4 Å². The van der Waals surface area contributed by atoms with Gasteiger partial charge in [0, 0.05) is 31.1 Å². The maximum absolute atomic E-state index is 12.5. The molecule has 0 unspecified atom stereocenters. The number of hydrogen-bond donors (Lipinski definition) is 1. The predicted octanol–water partition coefficient (Wildman–Crippen LogP) is 6.84. The number of aromatic hydroxyl groups is 1. The zero-order chi connectivity index (χ0) is 28.1. The van der Waals surface area contributed by atoms with E-state index in [1.165, 1.54) is 6.07 Å². The highest BCUT2D eigenvalue weighted by atomic mass is 79.9. The molecule has 3 rings (SSSR count). The Kier molecular flexibility index (Phi) is 9.05. The van der Waals surface area contributed by atoms with Crippen molar-refractivity contribution >= 4 is 123 Å². The molecule has 0 fully saturated rings. The number of rotatable bonds is 5. The molecule has 1 aliphatic carbocycles. The summed E-state index contributed by atoms with van der Waals surface area (Å²) in [6.07, 6.45) is 1.97. The molecular formula is C19H5Br6N2O9S-. The number of allylic oxidation sites excluding steroid dienone is 4. The fourth-order valence-electron chi connectivity index (χ4n) is 3.25. The first-order valence-electron chi connectivity index (χ1n) is 9.00. The van der Waals surface area contributed by atoms with Gasteiger partial charge in [-0.25, -0.2) is 8.42 Å². The molecule has 0 spiro atoms. The monoisotopic (exact) mass is 910 g/mol. The van der Waals surface area contributed by atoms with E-state index in [9.17, 15) is 43.1 Å². The van der Waals surface area contributed by atoms with E-state index in [1.807, 2.05) is 0 Å². The number of Topliss-reactive ketones (excluding diaryl/α,β-unsaturated/α-hetero) is 1. The summed E-state index contributed by atoms with van der Waals surface area (Å²) >= 11 is 18.7. The van der Waals surface area contributed by atoms with Crippen LogP contribution in [0.25, 0.3) is 5.57 Å². The first-order chi connectivity index (χ1) is 17.0. The molecule has 0 aliphatic heterocycles. The Labute approximate surface area is 257 Å². The van der Waals surface area contributed by atoms with Crippen LogP contribution in [0.4, 0.5) is 5.69 Å². The van der Waals surface area contributed by atoms with Gasteiger partial charge in [0.1, 0.15) is 10.1 Å². The Morgan fingerprint density at radius 3 is 1.95 bits per heavy atom. The summed E-state index contributed by atoms with van der Waals surface area (Å²) in [5.41, 5.74) is -2.56. The maximum Gasteiger partial charge on any atom is 0.318 e. The lowest BCUT2D eigenvalue weighted by molar-refractivity contribution is -0.418. The SMILES string of the molecule is O=C1C(Br)=C/C(=C(/c2cc(Br)c(O)c([N+](=O)[O-])c2)c2c(Br)c(Br)c(Br)c(Br)c2S(=O)(=O)[O-])C=C1[N+](=O)[O-]. The molecule has 0 amide bonds. The van der Waals surface area contributed by atoms with Gasteiger partial charge in [-0.05, 0) is 124 Å². The number of nitrogens with zero attached hydrogens (tertiary/aromatic N) is 2. The minimum atomic E-state index is -5.28. The van der Waals surface area contributed by atoms with E-state index in [1.54, 1.807) is 0 Å². The summed E-state index contributed by atoms with van der Waals surface area (Å²) in [6, 6.07) is 2.07. The average Bonchev–Trinajstić information content (AvgIpc) is 2.78. The van der Waals surface area contributed by atoms with Crippen molar-refractivity contribution in [1.82, 2.24) is 0 Å². The Morgan fingerprint density at radius 1 is 0.865 bits per heavy atom. The number of carbonyl (C=O) groups excluding carboxylic acids is 1. The van der Waals surface area contributed by atoms with Gasteiger partial charge in [-0.15, -0.1) is 0 Å². The van der Waals surface area contributed by atoms with Crippen molar-refractivity contribution in [2.24, 2.45) is 0 Å². The molecule has 0 saturated carbocycles. The number of ketones is 1. The second-order valence-corrected chi connectivity index (χ2v) is 13.1. The Bertz CT molecular complexity index is 1650. The molecule has 11 nitrogen and oxygen atoms in total. The molecule has 1 N–H and O–H groups in total. The maximum atomic E-state index is 12.5. The van der Waals surface area contributed by atoms with Crippen LogP contribution in [0.15, 0.2) is 67.3 Å². The quantitative estimate of drug-likeness (QED) is 0.110. The predicted molar refractivity (Wildman–Crippen MR) is 151 cm³/mol. The lowest BCUT2D eigenvalue weighted by atomic mass is 9.90. The van der Waals surface area contributed by atoms with Gasteiger partial charge in [0.25, 0.3) is 5.78 Å². The van der Waals surface area contributed by atoms with Gasteiger partial charge in [0.2, 0.25) is 5.75 Å². The van der Waals surface area contributed by atoms with Crippen molar-refractivity contribution in [3.63, 3.8) is 0 Å². The lowest BCUT2D eigenvalue weighted by Gasteiger charge is -2.23. The van der Waals surface area contributed by atoms with Gasteiger partial charge in [0.15, 0.2) is 0 Å². The molecule has 0 atom stereocenters. The van der Waals surface area contributed by atoms with Crippen LogP contribution < -0.4 is 0 Å². The molecule has 0 saturated heterocycles. The molecule has 2 aromatic rings. The third kappa shape index (κ3) is 5.70. The van der Waals surface area contributed by atoms with Gasteiger partial charge in [-0.2, -0.15) is 0 Å². The van der Waals surface area contributed by atoms with Crippen molar-refractivity contribution < 1.29 is 32.7 Å². The molecule has 2 aromatic carbocycles. The molecule has 194 valence electrons. The Hall–Kier alpha value is -1.28. The molecule has 37 heavy (non-hydrogen) atoms.